The number of likely N-dealkylation sites (tertiary alicyclic amines) is 1. The highest BCUT2D eigenvalue weighted by Crippen LogP contribution is 2.23. The summed E-state index contributed by atoms with van der Waals surface area (Å²) < 4.78 is 5.16. The average molecular weight is 237 g/mol. The van der Waals surface area contributed by atoms with Gasteiger partial charge in [0.05, 0.1) is 5.69 Å². The molecule has 1 amide bonds. The Morgan fingerprint density at radius 3 is 3.00 bits per heavy atom. The van der Waals surface area contributed by atoms with Gasteiger partial charge in [-0.15, -0.1) is 0 Å². The minimum atomic E-state index is -0.0642. The molecule has 1 aromatic heterocycles. The number of carbonyl (C=O) groups is 1. The van der Waals surface area contributed by atoms with Gasteiger partial charge in [-0.05, 0) is 39.2 Å². The van der Waals surface area contributed by atoms with E-state index in [1.807, 2.05) is 4.90 Å². The predicted molar refractivity (Wildman–Crippen MR) is 63.5 cm³/mol. The second-order valence-electron chi connectivity index (χ2n) is 4.75. The van der Waals surface area contributed by atoms with Gasteiger partial charge in [0.25, 0.3) is 5.91 Å². The highest BCUT2D eigenvalue weighted by Gasteiger charge is 2.31. The number of piperidine rings is 1. The molecule has 5 heteroatoms. The Kier molecular flexibility index (Phi) is 3.47. The lowest BCUT2D eigenvalue weighted by molar-refractivity contribution is 0.0534. The molecular formula is C12H19N3O2. The van der Waals surface area contributed by atoms with Gasteiger partial charge in [0.1, 0.15) is 0 Å². The molecule has 5 nitrogen and oxygen atoms in total. The van der Waals surface area contributed by atoms with E-state index in [-0.39, 0.29) is 11.9 Å². The van der Waals surface area contributed by atoms with Gasteiger partial charge in [0, 0.05) is 12.6 Å². The van der Waals surface area contributed by atoms with E-state index in [1.54, 1.807) is 6.92 Å². The fourth-order valence-corrected chi connectivity index (χ4v) is 2.30. The van der Waals surface area contributed by atoms with Crippen LogP contribution in [0.5, 0.6) is 0 Å². The zero-order valence-corrected chi connectivity index (χ0v) is 10.3. The Morgan fingerprint density at radius 1 is 1.65 bits per heavy atom. The van der Waals surface area contributed by atoms with Crippen molar-refractivity contribution in [3.63, 3.8) is 0 Å². The Labute approximate surface area is 101 Å². The molecule has 2 N–H and O–H groups in total. The number of nitrogens with two attached hydrogens (primary N) is 1. The van der Waals surface area contributed by atoms with Crippen LogP contribution >= 0.6 is 0 Å². The van der Waals surface area contributed by atoms with E-state index in [9.17, 15) is 4.79 Å². The average Bonchev–Trinajstić information content (AvgIpc) is 2.75. The van der Waals surface area contributed by atoms with Crippen LogP contribution in [0, 0.1) is 12.8 Å². The van der Waals surface area contributed by atoms with Crippen LogP contribution in [0.4, 0.5) is 0 Å². The smallest absolute Gasteiger partial charge is 0.291 e. The fourth-order valence-electron chi connectivity index (χ4n) is 2.30. The van der Waals surface area contributed by atoms with Gasteiger partial charge < -0.3 is 15.1 Å². The number of carbonyl (C=O) groups excluding carboxylic acids is 1. The maximum atomic E-state index is 12.3. The lowest BCUT2D eigenvalue weighted by Crippen LogP contribution is -2.47. The summed E-state index contributed by atoms with van der Waals surface area (Å²) in [5.74, 6) is 0.693. The first-order valence-electron chi connectivity index (χ1n) is 6.04. The first-order valence-corrected chi connectivity index (χ1v) is 6.04. The molecule has 0 radical (unpaired) electrons. The number of hydrogen-bond acceptors (Lipinski definition) is 4. The molecule has 94 valence electrons. The van der Waals surface area contributed by atoms with E-state index in [4.69, 9.17) is 10.2 Å². The molecule has 1 aliphatic heterocycles. The zero-order valence-electron chi connectivity index (χ0n) is 10.3. The Bertz CT molecular complexity index is 402. The van der Waals surface area contributed by atoms with Gasteiger partial charge in [0.15, 0.2) is 6.39 Å². The van der Waals surface area contributed by atoms with E-state index in [0.717, 1.165) is 19.4 Å². The summed E-state index contributed by atoms with van der Waals surface area (Å²) in [5, 5.41) is 0. The quantitative estimate of drug-likeness (QED) is 0.838. The minimum Gasteiger partial charge on any atom is -0.438 e. The first-order chi connectivity index (χ1) is 8.13. The van der Waals surface area contributed by atoms with Crippen LogP contribution in [-0.4, -0.2) is 34.9 Å². The normalized spacial score (nSPS) is 25.0. The summed E-state index contributed by atoms with van der Waals surface area (Å²) in [7, 11) is 0. The lowest BCUT2D eigenvalue weighted by Gasteiger charge is -2.37. The van der Waals surface area contributed by atoms with Gasteiger partial charge in [-0.25, -0.2) is 4.98 Å². The van der Waals surface area contributed by atoms with Crippen LogP contribution in [0.25, 0.3) is 0 Å². The lowest BCUT2D eigenvalue weighted by atomic mass is 9.93. The van der Waals surface area contributed by atoms with E-state index in [0.29, 0.717) is 23.9 Å². The second-order valence-corrected chi connectivity index (χ2v) is 4.75. The molecule has 1 aromatic rings. The molecule has 0 bridgehead atoms. The number of aromatic nitrogens is 1. The van der Waals surface area contributed by atoms with Crippen LogP contribution < -0.4 is 5.73 Å². The van der Waals surface area contributed by atoms with Crippen molar-refractivity contribution in [1.82, 2.24) is 9.88 Å². The largest absolute Gasteiger partial charge is 0.438 e. The first kappa shape index (κ1) is 12.1. The summed E-state index contributed by atoms with van der Waals surface area (Å²) in [5.41, 5.74) is 6.34. The summed E-state index contributed by atoms with van der Waals surface area (Å²) in [4.78, 5) is 18.1. The molecule has 2 heterocycles. The second kappa shape index (κ2) is 4.87. The summed E-state index contributed by atoms with van der Waals surface area (Å²) in [6.45, 7) is 5.20. The number of hydrogen-bond donors (Lipinski definition) is 1. The Balaban J connectivity index is 2.15. The van der Waals surface area contributed by atoms with Crippen molar-refractivity contribution in [1.29, 1.82) is 0 Å². The van der Waals surface area contributed by atoms with Crippen molar-refractivity contribution in [3.8, 4) is 0 Å². The molecule has 0 aromatic carbocycles. The highest BCUT2D eigenvalue weighted by atomic mass is 16.3. The SMILES string of the molecule is Cc1ncoc1C(=O)N1CC(CN)CCC1C. The molecule has 2 rings (SSSR count). The molecular weight excluding hydrogens is 218 g/mol. The number of amides is 1. The topological polar surface area (TPSA) is 72.4 Å². The molecule has 17 heavy (non-hydrogen) atoms. The molecule has 0 saturated carbocycles. The van der Waals surface area contributed by atoms with Crippen molar-refractivity contribution < 1.29 is 9.21 Å². The summed E-state index contributed by atoms with van der Waals surface area (Å²) in [6, 6.07) is 0.245. The maximum Gasteiger partial charge on any atom is 0.291 e. The molecule has 0 spiro atoms. The van der Waals surface area contributed by atoms with Crippen LogP contribution in [-0.2, 0) is 0 Å². The predicted octanol–water partition coefficient (Wildman–Crippen LogP) is 1.18. The van der Waals surface area contributed by atoms with Crippen molar-refractivity contribution in [2.24, 2.45) is 11.7 Å². The third-order valence-corrected chi connectivity index (χ3v) is 3.51. The van der Waals surface area contributed by atoms with Crippen molar-refractivity contribution in [3.05, 3.63) is 17.8 Å². The minimum absolute atomic E-state index is 0.0642. The van der Waals surface area contributed by atoms with E-state index in [2.05, 4.69) is 11.9 Å². The fraction of sp³-hybridized carbons (Fsp3) is 0.667. The molecule has 1 fully saturated rings. The molecule has 2 atom stereocenters. The van der Waals surface area contributed by atoms with Crippen LogP contribution in [0.3, 0.4) is 0 Å². The highest BCUT2D eigenvalue weighted by molar-refractivity contribution is 5.92. The number of rotatable bonds is 2. The Hall–Kier alpha value is -1.36. The number of aryl methyl sites for hydroxylation is 1. The van der Waals surface area contributed by atoms with E-state index >= 15 is 0 Å². The van der Waals surface area contributed by atoms with E-state index < -0.39 is 0 Å². The van der Waals surface area contributed by atoms with Crippen LogP contribution in [0.15, 0.2) is 10.8 Å². The molecule has 1 saturated heterocycles. The number of oxazole rings is 1. The standard InChI is InChI=1S/C12H19N3O2/c1-8-3-4-10(5-13)6-15(8)12(16)11-9(2)14-7-17-11/h7-8,10H,3-6,13H2,1-2H3. The molecule has 1 aliphatic rings. The van der Waals surface area contributed by atoms with Crippen LogP contribution in [0.1, 0.15) is 36.0 Å². The summed E-state index contributed by atoms with van der Waals surface area (Å²) in [6.07, 6.45) is 3.41. The van der Waals surface area contributed by atoms with Crippen molar-refractivity contribution >= 4 is 5.91 Å². The van der Waals surface area contributed by atoms with Gasteiger partial charge >= 0.3 is 0 Å². The monoisotopic (exact) mass is 237 g/mol. The summed E-state index contributed by atoms with van der Waals surface area (Å²) >= 11 is 0. The molecule has 2 unspecified atom stereocenters. The zero-order chi connectivity index (χ0) is 12.4. The van der Waals surface area contributed by atoms with Gasteiger partial charge in [-0.3, -0.25) is 4.79 Å². The van der Waals surface area contributed by atoms with E-state index in [1.165, 1.54) is 6.39 Å². The van der Waals surface area contributed by atoms with Gasteiger partial charge in [-0.1, -0.05) is 0 Å². The van der Waals surface area contributed by atoms with Crippen molar-refractivity contribution in [2.75, 3.05) is 13.1 Å². The third-order valence-electron chi connectivity index (χ3n) is 3.51. The van der Waals surface area contributed by atoms with Crippen molar-refractivity contribution in [2.45, 2.75) is 32.7 Å². The number of nitrogens with zero attached hydrogens (tertiary/aromatic N) is 2. The van der Waals surface area contributed by atoms with Gasteiger partial charge in [0.2, 0.25) is 5.76 Å². The van der Waals surface area contributed by atoms with Gasteiger partial charge in [-0.2, -0.15) is 0 Å². The third kappa shape index (κ3) is 2.34. The molecule has 0 aliphatic carbocycles. The maximum absolute atomic E-state index is 12.3. The van der Waals surface area contributed by atoms with Crippen LogP contribution in [0.2, 0.25) is 0 Å². The Morgan fingerprint density at radius 2 is 2.41 bits per heavy atom.